The zero-order chi connectivity index (χ0) is 16.1. The zero-order valence-electron chi connectivity index (χ0n) is 12.6. The van der Waals surface area contributed by atoms with Crippen molar-refractivity contribution in [1.29, 1.82) is 0 Å². The number of nitrogens with one attached hydrogen (secondary N) is 1. The van der Waals surface area contributed by atoms with Gasteiger partial charge in [-0.05, 0) is 60.5 Å². The van der Waals surface area contributed by atoms with E-state index < -0.39 is 0 Å². The van der Waals surface area contributed by atoms with Gasteiger partial charge in [-0.3, -0.25) is 4.79 Å². The molecule has 0 atom stereocenters. The number of aryl methyl sites for hydroxylation is 2. The quantitative estimate of drug-likeness (QED) is 0.628. The Kier molecular flexibility index (Phi) is 5.74. The highest BCUT2D eigenvalue weighted by Crippen LogP contribution is 2.22. The lowest BCUT2D eigenvalue weighted by Crippen LogP contribution is -2.25. The lowest BCUT2D eigenvalue weighted by Gasteiger charge is -2.08. The fraction of sp³-hybridized carbons (Fsp3) is 0.250. The number of benzene rings is 1. The van der Waals surface area contributed by atoms with Crippen molar-refractivity contribution in [3.63, 3.8) is 0 Å². The summed E-state index contributed by atoms with van der Waals surface area (Å²) in [7, 11) is 0. The van der Waals surface area contributed by atoms with E-state index in [1.807, 2.05) is 51.1 Å². The van der Waals surface area contributed by atoms with Crippen LogP contribution in [0.3, 0.4) is 0 Å². The molecule has 0 aliphatic rings. The number of rotatable bonds is 5. The van der Waals surface area contributed by atoms with E-state index in [1.54, 1.807) is 11.3 Å². The van der Waals surface area contributed by atoms with Gasteiger partial charge in [0.2, 0.25) is 0 Å². The summed E-state index contributed by atoms with van der Waals surface area (Å²) in [6, 6.07) is 9.74. The van der Waals surface area contributed by atoms with Crippen LogP contribution < -0.4 is 10.2 Å². The van der Waals surface area contributed by atoms with Gasteiger partial charge in [0.15, 0.2) is 6.61 Å². The fourth-order valence-electron chi connectivity index (χ4n) is 1.85. The molecule has 1 heterocycles. The molecular formula is C16H17BrN2O2S. The van der Waals surface area contributed by atoms with Gasteiger partial charge in [0.25, 0.3) is 5.91 Å². The number of nitrogens with zero attached hydrogens (tertiary/aromatic N) is 1. The minimum atomic E-state index is -0.282. The predicted octanol–water partition coefficient (Wildman–Crippen LogP) is 4.05. The average Bonchev–Trinajstić information content (AvgIpc) is 2.90. The second kappa shape index (κ2) is 7.56. The van der Waals surface area contributed by atoms with Crippen molar-refractivity contribution in [3.8, 4) is 5.75 Å². The summed E-state index contributed by atoms with van der Waals surface area (Å²) in [5.74, 6) is 0.429. The van der Waals surface area contributed by atoms with Crippen molar-refractivity contribution >= 4 is 38.9 Å². The Morgan fingerprint density at radius 2 is 2.09 bits per heavy atom. The van der Waals surface area contributed by atoms with Gasteiger partial charge in [-0.2, -0.15) is 5.10 Å². The molecule has 2 rings (SSSR count). The van der Waals surface area contributed by atoms with Crippen molar-refractivity contribution in [2.45, 2.75) is 20.8 Å². The van der Waals surface area contributed by atoms with Crippen LogP contribution in [-0.4, -0.2) is 18.2 Å². The summed E-state index contributed by atoms with van der Waals surface area (Å²) in [4.78, 5) is 12.8. The van der Waals surface area contributed by atoms with Crippen molar-refractivity contribution in [2.24, 2.45) is 5.10 Å². The molecule has 0 spiro atoms. The van der Waals surface area contributed by atoms with Crippen LogP contribution in [-0.2, 0) is 4.79 Å². The van der Waals surface area contributed by atoms with Crippen LogP contribution in [0.4, 0.5) is 0 Å². The third-order valence-electron chi connectivity index (χ3n) is 2.97. The normalized spacial score (nSPS) is 11.4. The molecule has 0 fully saturated rings. The molecule has 0 bridgehead atoms. The van der Waals surface area contributed by atoms with E-state index in [0.29, 0.717) is 5.75 Å². The number of ether oxygens (including phenoxy) is 1. The van der Waals surface area contributed by atoms with E-state index in [-0.39, 0.29) is 12.5 Å². The largest absolute Gasteiger partial charge is 0.483 e. The second-order valence-corrected chi connectivity index (χ2v) is 7.36. The van der Waals surface area contributed by atoms with Crippen LogP contribution in [0.15, 0.2) is 39.2 Å². The number of halogens is 1. The van der Waals surface area contributed by atoms with Crippen LogP contribution in [0, 0.1) is 13.8 Å². The van der Waals surface area contributed by atoms with E-state index in [1.165, 1.54) is 0 Å². The number of thiophene rings is 1. The molecule has 0 aliphatic carbocycles. The summed E-state index contributed by atoms with van der Waals surface area (Å²) >= 11 is 4.96. The minimum absolute atomic E-state index is 0.0607. The Morgan fingerprint density at radius 1 is 1.32 bits per heavy atom. The summed E-state index contributed by atoms with van der Waals surface area (Å²) in [6.45, 7) is 5.76. The van der Waals surface area contributed by atoms with Gasteiger partial charge in [0.05, 0.1) is 14.4 Å². The summed E-state index contributed by atoms with van der Waals surface area (Å²) in [6.07, 6.45) is 0. The summed E-state index contributed by atoms with van der Waals surface area (Å²) in [5.41, 5.74) is 5.44. The van der Waals surface area contributed by atoms with Gasteiger partial charge in [-0.15, -0.1) is 11.3 Å². The fourth-order valence-corrected chi connectivity index (χ4v) is 3.18. The zero-order valence-corrected chi connectivity index (χ0v) is 15.0. The van der Waals surface area contributed by atoms with Gasteiger partial charge in [0, 0.05) is 0 Å². The van der Waals surface area contributed by atoms with E-state index in [9.17, 15) is 4.79 Å². The standard InChI is InChI=1S/C16H17BrN2O2S/c1-10-4-5-13(11(2)8-10)21-9-16(20)19-18-12(3)14-6-7-15(17)22-14/h4-8H,9H2,1-3H3,(H,19,20). The number of amides is 1. The predicted molar refractivity (Wildman–Crippen MR) is 93.8 cm³/mol. The number of carbonyl (C=O) groups excluding carboxylic acids is 1. The molecule has 22 heavy (non-hydrogen) atoms. The maximum Gasteiger partial charge on any atom is 0.277 e. The molecule has 2 aromatic rings. The van der Waals surface area contributed by atoms with Crippen LogP contribution in [0.1, 0.15) is 22.9 Å². The van der Waals surface area contributed by atoms with Gasteiger partial charge >= 0.3 is 0 Å². The van der Waals surface area contributed by atoms with E-state index >= 15 is 0 Å². The molecule has 1 amide bonds. The van der Waals surface area contributed by atoms with Crippen LogP contribution in [0.25, 0.3) is 0 Å². The molecule has 1 N–H and O–H groups in total. The smallest absolute Gasteiger partial charge is 0.277 e. The van der Waals surface area contributed by atoms with Gasteiger partial charge in [-0.1, -0.05) is 17.7 Å². The maximum absolute atomic E-state index is 11.8. The molecule has 0 aliphatic heterocycles. The van der Waals surface area contributed by atoms with Crippen LogP contribution in [0.2, 0.25) is 0 Å². The molecule has 6 heteroatoms. The molecule has 4 nitrogen and oxygen atoms in total. The minimum Gasteiger partial charge on any atom is -0.483 e. The van der Waals surface area contributed by atoms with Crippen molar-refractivity contribution in [2.75, 3.05) is 6.61 Å². The number of carbonyl (C=O) groups is 1. The van der Waals surface area contributed by atoms with E-state index in [0.717, 1.165) is 25.5 Å². The topological polar surface area (TPSA) is 50.7 Å². The maximum atomic E-state index is 11.8. The van der Waals surface area contributed by atoms with Gasteiger partial charge in [-0.25, -0.2) is 5.43 Å². The number of hydrogen-bond donors (Lipinski definition) is 1. The third-order valence-corrected chi connectivity index (χ3v) is 4.70. The molecule has 0 saturated heterocycles. The number of hydrazone groups is 1. The van der Waals surface area contributed by atoms with Gasteiger partial charge in [0.1, 0.15) is 5.75 Å². The Labute approximate surface area is 142 Å². The SMILES string of the molecule is CC(=NNC(=O)COc1ccc(C)cc1C)c1ccc(Br)s1. The molecular weight excluding hydrogens is 364 g/mol. The first-order chi connectivity index (χ1) is 10.5. The highest BCUT2D eigenvalue weighted by atomic mass is 79.9. The summed E-state index contributed by atoms with van der Waals surface area (Å²) in [5, 5.41) is 4.08. The van der Waals surface area contributed by atoms with Crippen LogP contribution >= 0.6 is 27.3 Å². The second-order valence-electron chi connectivity index (χ2n) is 4.89. The first-order valence-corrected chi connectivity index (χ1v) is 8.35. The Hall–Kier alpha value is -1.66. The van der Waals surface area contributed by atoms with E-state index in [2.05, 4.69) is 26.5 Å². The summed E-state index contributed by atoms with van der Waals surface area (Å²) < 4.78 is 6.54. The highest BCUT2D eigenvalue weighted by Gasteiger charge is 2.06. The third kappa shape index (κ3) is 4.68. The first kappa shape index (κ1) is 16.7. The average molecular weight is 381 g/mol. The number of hydrogen-bond acceptors (Lipinski definition) is 4. The Bertz CT molecular complexity index is 710. The molecule has 1 aromatic heterocycles. The van der Waals surface area contributed by atoms with Gasteiger partial charge < -0.3 is 4.74 Å². The molecule has 116 valence electrons. The molecule has 0 unspecified atom stereocenters. The molecule has 0 saturated carbocycles. The van der Waals surface area contributed by atoms with Crippen molar-refractivity contribution in [1.82, 2.24) is 5.43 Å². The van der Waals surface area contributed by atoms with Crippen molar-refractivity contribution in [3.05, 3.63) is 50.1 Å². The monoisotopic (exact) mass is 380 g/mol. The molecule has 0 radical (unpaired) electrons. The Morgan fingerprint density at radius 3 is 2.73 bits per heavy atom. The highest BCUT2D eigenvalue weighted by molar-refractivity contribution is 9.11. The lowest BCUT2D eigenvalue weighted by molar-refractivity contribution is -0.123. The van der Waals surface area contributed by atoms with Crippen LogP contribution in [0.5, 0.6) is 5.75 Å². The van der Waals surface area contributed by atoms with E-state index in [4.69, 9.17) is 4.74 Å². The first-order valence-electron chi connectivity index (χ1n) is 6.74. The Balaban J connectivity index is 1.88. The lowest BCUT2D eigenvalue weighted by atomic mass is 10.1. The van der Waals surface area contributed by atoms with Crippen molar-refractivity contribution < 1.29 is 9.53 Å². The molecule has 1 aromatic carbocycles.